The predicted octanol–water partition coefficient (Wildman–Crippen LogP) is 3.56. The molecule has 2 saturated heterocycles. The van der Waals surface area contributed by atoms with E-state index in [-0.39, 0.29) is 11.8 Å². The maximum Gasteiger partial charge on any atom is 0.266 e. The third-order valence-electron chi connectivity index (χ3n) is 5.75. The fourth-order valence-electron chi connectivity index (χ4n) is 4.53. The van der Waals surface area contributed by atoms with Crippen molar-refractivity contribution in [3.63, 3.8) is 0 Å². The average Bonchev–Trinajstić information content (AvgIpc) is 3.23. The van der Waals surface area contributed by atoms with Crippen molar-refractivity contribution in [2.75, 3.05) is 13.1 Å². The van der Waals surface area contributed by atoms with Gasteiger partial charge in [-0.15, -0.1) is 11.3 Å². The molecule has 5 nitrogen and oxygen atoms in total. The molecular weight excluding hydrogens is 358 g/mol. The number of benzene rings is 1. The van der Waals surface area contributed by atoms with Gasteiger partial charge in [0, 0.05) is 19.6 Å². The number of hydrogen-bond donors (Lipinski definition) is 0. The van der Waals surface area contributed by atoms with E-state index in [9.17, 15) is 9.59 Å². The van der Waals surface area contributed by atoms with Gasteiger partial charge < -0.3 is 9.80 Å². The zero-order chi connectivity index (χ0) is 19.0. The van der Waals surface area contributed by atoms with E-state index in [0.717, 1.165) is 48.5 Å². The molecule has 1 aromatic carbocycles. The molecule has 3 heterocycles. The summed E-state index contributed by atoms with van der Waals surface area (Å²) in [5.41, 5.74) is 1.23. The van der Waals surface area contributed by atoms with E-state index in [4.69, 9.17) is 0 Å². The van der Waals surface area contributed by atoms with E-state index in [1.165, 1.54) is 11.3 Å². The maximum absolute atomic E-state index is 13.5. The van der Waals surface area contributed by atoms with Crippen LogP contribution in [0.1, 0.15) is 51.6 Å². The third-order valence-corrected chi connectivity index (χ3v) is 6.81. The molecule has 4 rings (SSSR count). The van der Waals surface area contributed by atoms with Crippen molar-refractivity contribution in [2.45, 2.75) is 51.6 Å². The summed E-state index contributed by atoms with van der Waals surface area (Å²) >= 11 is 1.43. The minimum absolute atomic E-state index is 0.0227. The van der Waals surface area contributed by atoms with Crippen LogP contribution >= 0.6 is 11.3 Å². The van der Waals surface area contributed by atoms with Crippen LogP contribution in [0.3, 0.4) is 0 Å². The molecule has 2 aromatic rings. The van der Waals surface area contributed by atoms with Crippen molar-refractivity contribution in [1.29, 1.82) is 0 Å². The maximum atomic E-state index is 13.5. The number of piperidine rings is 1. The van der Waals surface area contributed by atoms with Gasteiger partial charge in [0.15, 0.2) is 0 Å². The van der Waals surface area contributed by atoms with E-state index in [1.807, 2.05) is 41.8 Å². The topological polar surface area (TPSA) is 53.5 Å². The van der Waals surface area contributed by atoms with Gasteiger partial charge in [-0.3, -0.25) is 9.59 Å². The molecule has 0 N–H and O–H groups in total. The lowest BCUT2D eigenvalue weighted by Crippen LogP contribution is -2.61. The van der Waals surface area contributed by atoms with E-state index >= 15 is 0 Å². The standard InChI is InChI=1S/C21H25N3O2S/c1-15-18(27-16(2)22-15)19(25)24-13-7-11-21(24)10-6-12-23(20(21)26)14-17-8-4-3-5-9-17/h3-5,8-9H,6-7,10-14H2,1-2H3. The molecule has 1 spiro atoms. The lowest BCUT2D eigenvalue weighted by molar-refractivity contribution is -0.146. The highest BCUT2D eigenvalue weighted by atomic mass is 32.1. The molecule has 1 atom stereocenters. The Bertz CT molecular complexity index is 864. The molecule has 2 amide bonds. The van der Waals surface area contributed by atoms with Crippen LogP contribution < -0.4 is 0 Å². The predicted molar refractivity (Wildman–Crippen MR) is 106 cm³/mol. The SMILES string of the molecule is Cc1nc(C)c(C(=O)N2CCCC23CCCN(Cc2ccccc2)C3=O)s1. The Morgan fingerprint density at radius 2 is 1.85 bits per heavy atom. The summed E-state index contributed by atoms with van der Waals surface area (Å²) < 4.78 is 0. The largest absolute Gasteiger partial charge is 0.336 e. The summed E-state index contributed by atoms with van der Waals surface area (Å²) in [4.78, 5) is 35.7. The second-order valence-electron chi connectivity index (χ2n) is 7.56. The molecule has 0 aliphatic carbocycles. The highest BCUT2D eigenvalue weighted by molar-refractivity contribution is 7.13. The quantitative estimate of drug-likeness (QED) is 0.814. The number of nitrogens with zero attached hydrogens (tertiary/aromatic N) is 3. The molecule has 2 fully saturated rings. The number of rotatable bonds is 3. The molecule has 2 aliphatic heterocycles. The first-order chi connectivity index (χ1) is 13.0. The fraction of sp³-hybridized carbons (Fsp3) is 0.476. The summed E-state index contributed by atoms with van der Waals surface area (Å²) in [6, 6.07) is 10.1. The van der Waals surface area contributed by atoms with E-state index in [1.54, 1.807) is 0 Å². The normalized spacial score (nSPS) is 22.7. The Labute approximate surface area is 164 Å². The van der Waals surface area contributed by atoms with Crippen LogP contribution in [-0.2, 0) is 11.3 Å². The van der Waals surface area contributed by atoms with Crippen LogP contribution in [-0.4, -0.2) is 45.2 Å². The summed E-state index contributed by atoms with van der Waals surface area (Å²) in [6.07, 6.45) is 3.34. The number of carbonyl (C=O) groups is 2. The summed E-state index contributed by atoms with van der Waals surface area (Å²) in [6.45, 7) is 5.82. The van der Waals surface area contributed by atoms with Gasteiger partial charge in [-0.2, -0.15) is 0 Å². The first kappa shape index (κ1) is 18.2. The molecule has 27 heavy (non-hydrogen) atoms. The number of aryl methyl sites for hydroxylation is 2. The molecule has 1 aromatic heterocycles. The van der Waals surface area contributed by atoms with Crippen molar-refractivity contribution in [3.8, 4) is 0 Å². The second-order valence-corrected chi connectivity index (χ2v) is 8.76. The Morgan fingerprint density at radius 1 is 1.15 bits per heavy atom. The molecule has 1 unspecified atom stereocenters. The first-order valence-corrected chi connectivity index (χ1v) is 10.4. The zero-order valence-corrected chi connectivity index (χ0v) is 16.7. The van der Waals surface area contributed by atoms with Crippen LogP contribution in [0.25, 0.3) is 0 Å². The summed E-state index contributed by atoms with van der Waals surface area (Å²) in [7, 11) is 0. The lowest BCUT2D eigenvalue weighted by atomic mass is 9.85. The van der Waals surface area contributed by atoms with E-state index < -0.39 is 5.54 Å². The van der Waals surface area contributed by atoms with Crippen LogP contribution in [0.15, 0.2) is 30.3 Å². The van der Waals surface area contributed by atoms with Gasteiger partial charge >= 0.3 is 0 Å². The average molecular weight is 384 g/mol. The van der Waals surface area contributed by atoms with Crippen LogP contribution in [0.2, 0.25) is 0 Å². The van der Waals surface area contributed by atoms with Crippen molar-refractivity contribution >= 4 is 23.2 Å². The number of hydrogen-bond acceptors (Lipinski definition) is 4. The van der Waals surface area contributed by atoms with Gasteiger partial charge in [0.2, 0.25) is 5.91 Å². The number of aromatic nitrogens is 1. The van der Waals surface area contributed by atoms with Crippen LogP contribution in [0, 0.1) is 13.8 Å². The lowest BCUT2D eigenvalue weighted by Gasteiger charge is -2.44. The Morgan fingerprint density at radius 3 is 2.52 bits per heavy atom. The van der Waals surface area contributed by atoms with Gasteiger partial charge in [0.05, 0.1) is 10.7 Å². The molecule has 2 aliphatic rings. The van der Waals surface area contributed by atoms with Crippen molar-refractivity contribution in [2.24, 2.45) is 0 Å². The van der Waals surface area contributed by atoms with Gasteiger partial charge in [0.1, 0.15) is 10.4 Å². The molecule has 0 bridgehead atoms. The van der Waals surface area contributed by atoms with E-state index in [0.29, 0.717) is 18.0 Å². The number of amides is 2. The number of thiazole rings is 1. The monoisotopic (exact) mass is 383 g/mol. The minimum Gasteiger partial charge on any atom is -0.336 e. The van der Waals surface area contributed by atoms with Crippen molar-refractivity contribution < 1.29 is 9.59 Å². The van der Waals surface area contributed by atoms with Gasteiger partial charge in [-0.25, -0.2) is 4.98 Å². The van der Waals surface area contributed by atoms with Crippen LogP contribution in [0.5, 0.6) is 0 Å². The summed E-state index contributed by atoms with van der Waals surface area (Å²) in [5, 5.41) is 0.893. The smallest absolute Gasteiger partial charge is 0.266 e. The summed E-state index contributed by atoms with van der Waals surface area (Å²) in [5.74, 6) is 0.0906. The third kappa shape index (κ3) is 3.16. The fourth-order valence-corrected chi connectivity index (χ4v) is 5.40. The molecule has 6 heteroatoms. The zero-order valence-electron chi connectivity index (χ0n) is 15.9. The minimum atomic E-state index is -0.672. The Balaban J connectivity index is 1.61. The molecule has 0 radical (unpaired) electrons. The highest BCUT2D eigenvalue weighted by Gasteiger charge is 2.53. The van der Waals surface area contributed by atoms with Crippen molar-refractivity contribution in [3.05, 3.63) is 51.5 Å². The molecular formula is C21H25N3O2S. The Kier molecular flexibility index (Phi) is 4.76. The first-order valence-electron chi connectivity index (χ1n) is 9.60. The van der Waals surface area contributed by atoms with Gasteiger partial charge in [-0.1, -0.05) is 30.3 Å². The number of carbonyl (C=O) groups excluding carboxylic acids is 2. The van der Waals surface area contributed by atoms with Gasteiger partial charge in [0.25, 0.3) is 5.91 Å². The van der Waals surface area contributed by atoms with E-state index in [2.05, 4.69) is 17.1 Å². The Hall–Kier alpha value is -2.21. The molecule has 142 valence electrons. The number of likely N-dealkylation sites (tertiary alicyclic amines) is 2. The molecule has 0 saturated carbocycles. The highest BCUT2D eigenvalue weighted by Crippen LogP contribution is 2.40. The second kappa shape index (κ2) is 7.08. The van der Waals surface area contributed by atoms with Crippen molar-refractivity contribution in [1.82, 2.24) is 14.8 Å². The van der Waals surface area contributed by atoms with Gasteiger partial charge in [-0.05, 0) is 45.1 Å². The van der Waals surface area contributed by atoms with Crippen LogP contribution in [0.4, 0.5) is 0 Å².